The second kappa shape index (κ2) is 8.63. The third kappa shape index (κ3) is 5.18. The standard InChI is InChI=1S/C19H18O4/c20-13-7-12-17(21)18(14-15-8-3-1-4-9-15)23-19(22)16-10-5-2-6-11-16/h1-6,8-11,13,18H,7,12,14H2. The topological polar surface area (TPSA) is 60.4 Å². The monoisotopic (exact) mass is 310 g/mol. The highest BCUT2D eigenvalue weighted by atomic mass is 16.5. The summed E-state index contributed by atoms with van der Waals surface area (Å²) in [5, 5.41) is 0. The predicted molar refractivity (Wildman–Crippen MR) is 86.1 cm³/mol. The van der Waals surface area contributed by atoms with Crippen molar-refractivity contribution < 1.29 is 19.1 Å². The van der Waals surface area contributed by atoms with Crippen molar-refractivity contribution in [2.45, 2.75) is 25.4 Å². The van der Waals surface area contributed by atoms with E-state index >= 15 is 0 Å². The molecule has 0 saturated carbocycles. The normalized spacial score (nSPS) is 11.5. The molecule has 118 valence electrons. The number of carbonyl (C=O) groups excluding carboxylic acids is 3. The fraction of sp³-hybridized carbons (Fsp3) is 0.211. The largest absolute Gasteiger partial charge is 0.450 e. The maximum absolute atomic E-state index is 12.2. The number of hydrogen-bond acceptors (Lipinski definition) is 4. The third-order valence-electron chi connectivity index (χ3n) is 3.39. The zero-order valence-corrected chi connectivity index (χ0v) is 12.7. The molecule has 2 aromatic carbocycles. The highest BCUT2D eigenvalue weighted by molar-refractivity contribution is 5.93. The summed E-state index contributed by atoms with van der Waals surface area (Å²) in [6.45, 7) is 0. The van der Waals surface area contributed by atoms with Crippen LogP contribution in [0.4, 0.5) is 0 Å². The van der Waals surface area contributed by atoms with Crippen molar-refractivity contribution in [2.75, 3.05) is 0 Å². The number of hydrogen-bond donors (Lipinski definition) is 0. The molecular weight excluding hydrogens is 292 g/mol. The highest BCUT2D eigenvalue weighted by Crippen LogP contribution is 2.12. The van der Waals surface area contributed by atoms with Crippen LogP contribution in [0.3, 0.4) is 0 Å². The van der Waals surface area contributed by atoms with Gasteiger partial charge in [-0.1, -0.05) is 48.5 Å². The van der Waals surface area contributed by atoms with E-state index in [0.29, 0.717) is 18.3 Å². The van der Waals surface area contributed by atoms with Crippen molar-refractivity contribution >= 4 is 18.0 Å². The van der Waals surface area contributed by atoms with E-state index in [0.717, 1.165) is 5.56 Å². The molecule has 0 aliphatic heterocycles. The van der Waals surface area contributed by atoms with Crippen LogP contribution in [-0.4, -0.2) is 24.1 Å². The van der Waals surface area contributed by atoms with Crippen LogP contribution in [-0.2, 0) is 20.7 Å². The highest BCUT2D eigenvalue weighted by Gasteiger charge is 2.23. The minimum atomic E-state index is -0.884. The average Bonchev–Trinajstić information content (AvgIpc) is 2.60. The van der Waals surface area contributed by atoms with Gasteiger partial charge in [-0.05, 0) is 17.7 Å². The summed E-state index contributed by atoms with van der Waals surface area (Å²) < 4.78 is 5.39. The quantitative estimate of drug-likeness (QED) is 0.555. The predicted octanol–water partition coefficient (Wildman–Crippen LogP) is 3.00. The molecule has 0 aromatic heterocycles. The Bertz CT molecular complexity index is 650. The molecule has 2 rings (SSSR count). The molecule has 0 fully saturated rings. The summed E-state index contributed by atoms with van der Waals surface area (Å²) in [5.41, 5.74) is 1.30. The van der Waals surface area contributed by atoms with Gasteiger partial charge in [0.1, 0.15) is 6.29 Å². The molecule has 0 spiro atoms. The number of ketones is 1. The Hall–Kier alpha value is -2.75. The lowest BCUT2D eigenvalue weighted by Crippen LogP contribution is -2.29. The average molecular weight is 310 g/mol. The Morgan fingerprint density at radius 2 is 1.57 bits per heavy atom. The van der Waals surface area contributed by atoms with Crippen molar-refractivity contribution in [3.05, 3.63) is 71.8 Å². The molecular formula is C19H18O4. The number of carbonyl (C=O) groups is 3. The number of esters is 1. The van der Waals surface area contributed by atoms with Crippen molar-refractivity contribution in [3.63, 3.8) is 0 Å². The van der Waals surface area contributed by atoms with Crippen LogP contribution in [0.15, 0.2) is 60.7 Å². The number of rotatable bonds is 8. The first kappa shape index (κ1) is 16.6. The summed E-state index contributed by atoms with van der Waals surface area (Å²) in [6.07, 6.45) is 0.314. The minimum absolute atomic E-state index is 0.0725. The molecule has 0 N–H and O–H groups in total. The van der Waals surface area contributed by atoms with Crippen molar-refractivity contribution in [1.29, 1.82) is 0 Å². The fourth-order valence-corrected chi connectivity index (χ4v) is 2.18. The zero-order valence-electron chi connectivity index (χ0n) is 12.7. The first-order chi connectivity index (χ1) is 11.2. The van der Waals surface area contributed by atoms with Crippen molar-refractivity contribution in [1.82, 2.24) is 0 Å². The Morgan fingerprint density at radius 1 is 0.957 bits per heavy atom. The molecule has 4 heteroatoms. The summed E-state index contributed by atoms with van der Waals surface area (Å²) in [7, 11) is 0. The van der Waals surface area contributed by atoms with Gasteiger partial charge in [-0.25, -0.2) is 4.79 Å². The molecule has 1 atom stereocenters. The van der Waals surface area contributed by atoms with E-state index in [2.05, 4.69) is 0 Å². The molecule has 2 aromatic rings. The molecule has 0 saturated heterocycles. The Morgan fingerprint density at radius 3 is 2.17 bits per heavy atom. The van der Waals surface area contributed by atoms with Gasteiger partial charge in [-0.15, -0.1) is 0 Å². The van der Waals surface area contributed by atoms with Crippen LogP contribution in [0, 0.1) is 0 Å². The van der Waals surface area contributed by atoms with Crippen molar-refractivity contribution in [3.8, 4) is 0 Å². The maximum atomic E-state index is 12.2. The van der Waals surface area contributed by atoms with Crippen LogP contribution >= 0.6 is 0 Å². The molecule has 1 unspecified atom stereocenters. The number of Topliss-reactive ketones (excluding diaryl/α,β-unsaturated/α-hetero) is 1. The van der Waals surface area contributed by atoms with Gasteiger partial charge in [0.15, 0.2) is 11.9 Å². The van der Waals surface area contributed by atoms with Gasteiger partial charge >= 0.3 is 5.97 Å². The lowest BCUT2D eigenvalue weighted by Gasteiger charge is -2.17. The molecule has 0 bridgehead atoms. The first-order valence-electron chi connectivity index (χ1n) is 7.47. The first-order valence-corrected chi connectivity index (χ1v) is 7.47. The summed E-state index contributed by atoms with van der Waals surface area (Å²) in [4.78, 5) is 34.9. The molecule has 0 heterocycles. The van der Waals surface area contributed by atoms with Crippen LogP contribution in [0.25, 0.3) is 0 Å². The third-order valence-corrected chi connectivity index (χ3v) is 3.39. The van der Waals surface area contributed by atoms with E-state index in [4.69, 9.17) is 4.74 Å². The second-order valence-electron chi connectivity index (χ2n) is 5.12. The van der Waals surface area contributed by atoms with Crippen LogP contribution in [0.2, 0.25) is 0 Å². The molecule has 4 nitrogen and oxygen atoms in total. The van der Waals surface area contributed by atoms with E-state index in [1.54, 1.807) is 30.3 Å². The van der Waals surface area contributed by atoms with E-state index in [1.165, 1.54) is 0 Å². The van der Waals surface area contributed by atoms with Gasteiger partial charge in [0.2, 0.25) is 0 Å². The Kier molecular flexibility index (Phi) is 6.24. The number of benzene rings is 2. The molecule has 0 aliphatic carbocycles. The number of ether oxygens (including phenoxy) is 1. The Balaban J connectivity index is 2.11. The second-order valence-corrected chi connectivity index (χ2v) is 5.12. The van der Waals surface area contributed by atoms with Gasteiger partial charge in [0.25, 0.3) is 0 Å². The van der Waals surface area contributed by atoms with E-state index < -0.39 is 12.1 Å². The van der Waals surface area contributed by atoms with E-state index in [1.807, 2.05) is 30.3 Å². The summed E-state index contributed by atoms with van der Waals surface area (Å²) in [6, 6.07) is 17.9. The van der Waals surface area contributed by atoms with Crippen LogP contribution < -0.4 is 0 Å². The zero-order chi connectivity index (χ0) is 16.5. The summed E-state index contributed by atoms with van der Waals surface area (Å²) in [5.74, 6) is -0.781. The molecule has 0 aliphatic rings. The van der Waals surface area contributed by atoms with Gasteiger partial charge in [0.05, 0.1) is 5.56 Å². The van der Waals surface area contributed by atoms with Crippen LogP contribution in [0.5, 0.6) is 0 Å². The smallest absolute Gasteiger partial charge is 0.338 e. The molecule has 0 amide bonds. The van der Waals surface area contributed by atoms with E-state index in [9.17, 15) is 14.4 Å². The minimum Gasteiger partial charge on any atom is -0.450 e. The lowest BCUT2D eigenvalue weighted by atomic mass is 10.0. The van der Waals surface area contributed by atoms with Crippen molar-refractivity contribution in [2.24, 2.45) is 0 Å². The van der Waals surface area contributed by atoms with E-state index in [-0.39, 0.29) is 18.6 Å². The molecule has 0 radical (unpaired) electrons. The number of aldehydes is 1. The molecule has 23 heavy (non-hydrogen) atoms. The van der Waals surface area contributed by atoms with Gasteiger partial charge in [0, 0.05) is 19.3 Å². The maximum Gasteiger partial charge on any atom is 0.338 e. The van der Waals surface area contributed by atoms with Gasteiger partial charge < -0.3 is 9.53 Å². The van der Waals surface area contributed by atoms with Gasteiger partial charge in [-0.3, -0.25) is 4.79 Å². The SMILES string of the molecule is O=CCCC(=O)C(Cc1ccccc1)OC(=O)c1ccccc1. The van der Waals surface area contributed by atoms with Crippen LogP contribution in [0.1, 0.15) is 28.8 Å². The summed E-state index contributed by atoms with van der Waals surface area (Å²) >= 11 is 0. The van der Waals surface area contributed by atoms with Gasteiger partial charge in [-0.2, -0.15) is 0 Å². The lowest BCUT2D eigenvalue weighted by molar-refractivity contribution is -0.128. The fourth-order valence-electron chi connectivity index (χ4n) is 2.18. The Labute approximate surface area is 135 Å².